The Kier molecular flexibility index (Phi) is 8.06. The van der Waals surface area contributed by atoms with Crippen LogP contribution in [0.15, 0.2) is 0 Å². The van der Waals surface area contributed by atoms with Crippen molar-refractivity contribution < 1.29 is 4.79 Å². The molecule has 0 aromatic heterocycles. The number of piperidine rings is 1. The zero-order valence-electron chi connectivity index (χ0n) is 14.4. The van der Waals surface area contributed by atoms with Crippen molar-refractivity contribution in [1.82, 2.24) is 15.5 Å². The number of nitrogens with one attached hydrogen (secondary N) is 2. The monoisotopic (exact) mass is 309 g/mol. The highest BCUT2D eigenvalue weighted by atomic mass is 16.2. The lowest BCUT2D eigenvalue weighted by atomic mass is 9.99. The van der Waals surface area contributed by atoms with Gasteiger partial charge in [0.25, 0.3) is 0 Å². The molecule has 1 saturated heterocycles. The molecular formula is C18H35N3O. The number of nitrogens with zero attached hydrogens (tertiary/aromatic N) is 1. The summed E-state index contributed by atoms with van der Waals surface area (Å²) in [5, 5.41) is 5.98. The largest absolute Gasteiger partial charge is 0.338 e. The molecule has 1 aliphatic carbocycles. The number of likely N-dealkylation sites (tertiary alicyclic amines) is 1. The first kappa shape index (κ1) is 17.6. The maximum Gasteiger partial charge on any atom is 0.314 e. The zero-order chi connectivity index (χ0) is 15.6. The van der Waals surface area contributed by atoms with Gasteiger partial charge < -0.3 is 15.5 Å². The third kappa shape index (κ3) is 6.99. The third-order valence-corrected chi connectivity index (χ3v) is 5.38. The van der Waals surface area contributed by atoms with E-state index in [0.717, 1.165) is 37.8 Å². The van der Waals surface area contributed by atoms with Crippen LogP contribution >= 0.6 is 0 Å². The van der Waals surface area contributed by atoms with Crippen LogP contribution in [0.4, 0.5) is 4.79 Å². The van der Waals surface area contributed by atoms with E-state index in [0.29, 0.717) is 0 Å². The van der Waals surface area contributed by atoms with E-state index in [1.54, 1.807) is 0 Å². The van der Waals surface area contributed by atoms with Gasteiger partial charge in [-0.15, -0.1) is 0 Å². The molecule has 0 aromatic rings. The van der Waals surface area contributed by atoms with E-state index >= 15 is 0 Å². The van der Waals surface area contributed by atoms with Crippen molar-refractivity contribution in [3.63, 3.8) is 0 Å². The lowest BCUT2D eigenvalue weighted by molar-refractivity contribution is 0.189. The second-order valence-corrected chi connectivity index (χ2v) is 7.35. The van der Waals surface area contributed by atoms with Crippen LogP contribution < -0.4 is 10.6 Å². The lowest BCUT2D eigenvalue weighted by Gasteiger charge is -2.30. The molecule has 1 saturated carbocycles. The standard InChI is InChI=1S/C18H35N3O/c1-16-9-14-21(15-10-16)13-5-4-11-19-18(22)20-12-8-17-6-2-3-7-17/h16-17H,2-15H2,1H3,(H2,19,20,22). The molecule has 0 radical (unpaired) electrons. The number of unbranched alkanes of at least 4 members (excludes halogenated alkanes) is 1. The first-order chi connectivity index (χ1) is 10.7. The van der Waals surface area contributed by atoms with Crippen molar-refractivity contribution in [3.8, 4) is 0 Å². The fourth-order valence-corrected chi connectivity index (χ4v) is 3.70. The summed E-state index contributed by atoms with van der Waals surface area (Å²) < 4.78 is 0. The molecule has 4 heteroatoms. The zero-order valence-corrected chi connectivity index (χ0v) is 14.4. The van der Waals surface area contributed by atoms with Crippen molar-refractivity contribution in [1.29, 1.82) is 0 Å². The Morgan fingerprint density at radius 2 is 1.68 bits per heavy atom. The Morgan fingerprint density at radius 1 is 1.00 bits per heavy atom. The fraction of sp³-hybridized carbons (Fsp3) is 0.944. The summed E-state index contributed by atoms with van der Waals surface area (Å²) in [7, 11) is 0. The fourth-order valence-electron chi connectivity index (χ4n) is 3.70. The summed E-state index contributed by atoms with van der Waals surface area (Å²) in [6.45, 7) is 7.71. The molecular weight excluding hydrogens is 274 g/mol. The molecule has 2 N–H and O–H groups in total. The highest BCUT2D eigenvalue weighted by Crippen LogP contribution is 2.26. The maximum atomic E-state index is 11.7. The Balaban J connectivity index is 1.38. The summed E-state index contributed by atoms with van der Waals surface area (Å²) in [5.41, 5.74) is 0. The van der Waals surface area contributed by atoms with E-state index < -0.39 is 0 Å². The SMILES string of the molecule is CC1CCN(CCCCNC(=O)NCCC2CCCC2)CC1. The smallest absolute Gasteiger partial charge is 0.314 e. The van der Waals surface area contributed by atoms with Crippen molar-refractivity contribution in [2.45, 2.75) is 64.7 Å². The molecule has 2 fully saturated rings. The van der Waals surface area contributed by atoms with E-state index in [1.807, 2.05) is 0 Å². The van der Waals surface area contributed by atoms with Gasteiger partial charge in [-0.3, -0.25) is 0 Å². The molecule has 128 valence electrons. The summed E-state index contributed by atoms with van der Waals surface area (Å²) in [6, 6.07) is 0.0183. The molecule has 0 spiro atoms. The van der Waals surface area contributed by atoms with Crippen molar-refractivity contribution in [3.05, 3.63) is 0 Å². The van der Waals surface area contributed by atoms with Crippen LogP contribution in [0.25, 0.3) is 0 Å². The van der Waals surface area contributed by atoms with Gasteiger partial charge in [-0.1, -0.05) is 32.6 Å². The molecule has 0 bridgehead atoms. The average molecular weight is 309 g/mol. The first-order valence-electron chi connectivity index (χ1n) is 9.48. The lowest BCUT2D eigenvalue weighted by Crippen LogP contribution is -2.37. The minimum atomic E-state index is 0.0183. The van der Waals surface area contributed by atoms with Crippen LogP contribution in [0.2, 0.25) is 0 Å². The molecule has 22 heavy (non-hydrogen) atoms. The number of carbonyl (C=O) groups excluding carboxylic acids is 1. The highest BCUT2D eigenvalue weighted by Gasteiger charge is 2.15. The Morgan fingerprint density at radius 3 is 2.41 bits per heavy atom. The van der Waals surface area contributed by atoms with Gasteiger partial charge in [-0.2, -0.15) is 0 Å². The predicted octanol–water partition coefficient (Wildman–Crippen LogP) is 3.38. The summed E-state index contributed by atoms with van der Waals surface area (Å²) in [5.74, 6) is 1.76. The second kappa shape index (κ2) is 10.1. The summed E-state index contributed by atoms with van der Waals surface area (Å²) in [6.07, 6.45) is 11.6. The molecule has 2 rings (SSSR count). The van der Waals surface area contributed by atoms with Crippen molar-refractivity contribution >= 4 is 6.03 Å². The Bertz CT molecular complexity index is 307. The van der Waals surface area contributed by atoms with Crippen molar-refractivity contribution in [2.75, 3.05) is 32.7 Å². The normalized spacial score (nSPS) is 21.1. The molecule has 4 nitrogen and oxygen atoms in total. The van der Waals surface area contributed by atoms with Crippen LogP contribution in [-0.4, -0.2) is 43.7 Å². The number of hydrogen-bond donors (Lipinski definition) is 2. The van der Waals surface area contributed by atoms with Crippen LogP contribution in [0.3, 0.4) is 0 Å². The van der Waals surface area contributed by atoms with Crippen LogP contribution in [0.1, 0.15) is 64.7 Å². The quantitative estimate of drug-likeness (QED) is 0.675. The van der Waals surface area contributed by atoms with Crippen molar-refractivity contribution in [2.24, 2.45) is 11.8 Å². The van der Waals surface area contributed by atoms with Gasteiger partial charge in [0.1, 0.15) is 0 Å². The minimum absolute atomic E-state index is 0.0183. The molecule has 0 unspecified atom stereocenters. The molecule has 2 aliphatic rings. The van der Waals surface area contributed by atoms with E-state index in [4.69, 9.17) is 0 Å². The highest BCUT2D eigenvalue weighted by molar-refractivity contribution is 5.73. The summed E-state index contributed by atoms with van der Waals surface area (Å²) in [4.78, 5) is 14.3. The van der Waals surface area contributed by atoms with E-state index in [2.05, 4.69) is 22.5 Å². The molecule has 2 amide bonds. The maximum absolute atomic E-state index is 11.7. The molecule has 0 aromatic carbocycles. The predicted molar refractivity (Wildman–Crippen MR) is 92.0 cm³/mol. The van der Waals surface area contributed by atoms with Gasteiger partial charge in [0.2, 0.25) is 0 Å². The minimum Gasteiger partial charge on any atom is -0.338 e. The number of carbonyl (C=O) groups is 1. The molecule has 0 atom stereocenters. The van der Waals surface area contributed by atoms with Gasteiger partial charge in [0.15, 0.2) is 0 Å². The second-order valence-electron chi connectivity index (χ2n) is 7.35. The van der Waals surface area contributed by atoms with Crippen LogP contribution in [-0.2, 0) is 0 Å². The van der Waals surface area contributed by atoms with Gasteiger partial charge in [-0.25, -0.2) is 4.79 Å². The van der Waals surface area contributed by atoms with Crippen LogP contribution in [0, 0.1) is 11.8 Å². The van der Waals surface area contributed by atoms with Gasteiger partial charge in [0, 0.05) is 13.1 Å². The Labute approximate surface area is 136 Å². The first-order valence-corrected chi connectivity index (χ1v) is 9.48. The number of urea groups is 1. The number of amides is 2. The topological polar surface area (TPSA) is 44.4 Å². The number of rotatable bonds is 8. The average Bonchev–Trinajstić information content (AvgIpc) is 3.02. The van der Waals surface area contributed by atoms with Crippen LogP contribution in [0.5, 0.6) is 0 Å². The summed E-state index contributed by atoms with van der Waals surface area (Å²) >= 11 is 0. The van der Waals surface area contributed by atoms with Gasteiger partial charge in [0.05, 0.1) is 0 Å². The van der Waals surface area contributed by atoms with Gasteiger partial charge >= 0.3 is 6.03 Å². The van der Waals surface area contributed by atoms with E-state index in [9.17, 15) is 4.79 Å². The molecule has 1 heterocycles. The number of hydrogen-bond acceptors (Lipinski definition) is 2. The van der Waals surface area contributed by atoms with Gasteiger partial charge in [-0.05, 0) is 63.6 Å². The molecule has 1 aliphatic heterocycles. The Hall–Kier alpha value is -0.770. The third-order valence-electron chi connectivity index (χ3n) is 5.38. The van der Waals surface area contributed by atoms with E-state index in [-0.39, 0.29) is 6.03 Å². The van der Waals surface area contributed by atoms with E-state index in [1.165, 1.54) is 64.6 Å².